The Kier molecular flexibility index (Phi) is 5.75. The lowest BCUT2D eigenvalue weighted by Gasteiger charge is -2.15. The Hall–Kier alpha value is -4.71. The van der Waals surface area contributed by atoms with E-state index in [1.54, 1.807) is 0 Å². The van der Waals surface area contributed by atoms with E-state index in [1.807, 2.05) is 84.9 Å². The highest BCUT2D eigenvalue weighted by Crippen LogP contribution is 2.31. The second kappa shape index (κ2) is 9.50. The van der Waals surface area contributed by atoms with E-state index in [1.165, 1.54) is 0 Å². The van der Waals surface area contributed by atoms with E-state index in [0.717, 1.165) is 55.0 Å². The number of benzene rings is 4. The van der Waals surface area contributed by atoms with Crippen LogP contribution in [0, 0.1) is 0 Å². The van der Waals surface area contributed by atoms with Crippen molar-refractivity contribution in [3.63, 3.8) is 0 Å². The van der Waals surface area contributed by atoms with Crippen LogP contribution < -0.4 is 16.0 Å². The summed E-state index contributed by atoms with van der Waals surface area (Å²) in [7, 11) is 0. The average molecular weight is 472 g/mol. The van der Waals surface area contributed by atoms with Gasteiger partial charge in [-0.05, 0) is 24.3 Å². The Morgan fingerprint density at radius 1 is 0.528 bits per heavy atom. The van der Waals surface area contributed by atoms with E-state index in [9.17, 15) is 4.79 Å². The lowest BCUT2D eigenvalue weighted by Crippen LogP contribution is -2.33. The van der Waals surface area contributed by atoms with Gasteiger partial charge in [0.05, 0.1) is 40.0 Å². The molecule has 0 fully saturated rings. The number of aromatic nitrogens is 2. The van der Waals surface area contributed by atoms with E-state index in [4.69, 9.17) is 9.97 Å². The number of rotatable bonds is 7. The standard InChI is InChI=1S/C30H25N5O/c36-28(19-33-30-22-11-3-7-15-26(22)35-27-16-8-4-12-23(27)30)31-17-18-32-29-20-9-1-5-13-24(20)34-25-14-6-2-10-21(25)29/h1-16H,17-19H2,(H,31,36)(H,32,34)(H,33,35). The van der Waals surface area contributed by atoms with E-state index < -0.39 is 0 Å². The van der Waals surface area contributed by atoms with Gasteiger partial charge in [0.2, 0.25) is 5.91 Å². The number of hydrogen-bond acceptors (Lipinski definition) is 5. The van der Waals surface area contributed by atoms with Crippen LogP contribution in [-0.2, 0) is 4.79 Å². The van der Waals surface area contributed by atoms with Crippen molar-refractivity contribution in [1.82, 2.24) is 15.3 Å². The summed E-state index contributed by atoms with van der Waals surface area (Å²) in [6, 6.07) is 32.2. The molecule has 6 heteroatoms. The number of hydrogen-bond donors (Lipinski definition) is 3. The number of nitrogens with one attached hydrogen (secondary N) is 3. The van der Waals surface area contributed by atoms with Gasteiger partial charge in [-0.15, -0.1) is 0 Å². The molecule has 1 amide bonds. The van der Waals surface area contributed by atoms with Crippen molar-refractivity contribution in [3.8, 4) is 0 Å². The number of anilines is 2. The summed E-state index contributed by atoms with van der Waals surface area (Å²) in [5, 5.41) is 14.0. The molecule has 2 aromatic heterocycles. The largest absolute Gasteiger partial charge is 0.382 e. The van der Waals surface area contributed by atoms with E-state index in [-0.39, 0.29) is 12.5 Å². The van der Waals surface area contributed by atoms with Crippen molar-refractivity contribution in [2.75, 3.05) is 30.3 Å². The molecular formula is C30H25N5O. The maximum absolute atomic E-state index is 12.7. The molecule has 0 unspecified atom stereocenters. The molecule has 0 radical (unpaired) electrons. The zero-order chi connectivity index (χ0) is 24.3. The Balaban J connectivity index is 1.14. The average Bonchev–Trinajstić information content (AvgIpc) is 2.92. The van der Waals surface area contributed by atoms with Crippen molar-refractivity contribution < 1.29 is 4.79 Å². The molecule has 0 aliphatic rings. The molecule has 0 aliphatic heterocycles. The minimum absolute atomic E-state index is 0.0637. The topological polar surface area (TPSA) is 78.9 Å². The van der Waals surface area contributed by atoms with Crippen molar-refractivity contribution in [1.29, 1.82) is 0 Å². The molecule has 176 valence electrons. The van der Waals surface area contributed by atoms with Gasteiger partial charge in [-0.25, -0.2) is 9.97 Å². The van der Waals surface area contributed by atoms with Crippen LogP contribution >= 0.6 is 0 Å². The second-order valence-electron chi connectivity index (χ2n) is 8.67. The Labute approximate surface area is 208 Å². The molecule has 36 heavy (non-hydrogen) atoms. The molecule has 0 spiro atoms. The maximum atomic E-state index is 12.7. The van der Waals surface area contributed by atoms with Crippen LogP contribution in [0.1, 0.15) is 0 Å². The summed E-state index contributed by atoms with van der Waals surface area (Å²) in [6.45, 7) is 1.29. The first-order valence-corrected chi connectivity index (χ1v) is 12.1. The van der Waals surface area contributed by atoms with Crippen molar-refractivity contribution in [2.24, 2.45) is 0 Å². The lowest BCUT2D eigenvalue weighted by atomic mass is 10.1. The number of pyridine rings is 2. The van der Waals surface area contributed by atoms with Gasteiger partial charge in [-0.2, -0.15) is 0 Å². The summed E-state index contributed by atoms with van der Waals surface area (Å²) in [4.78, 5) is 22.2. The number of carbonyl (C=O) groups excluding carboxylic acids is 1. The van der Waals surface area contributed by atoms with Gasteiger partial charge >= 0.3 is 0 Å². The summed E-state index contributed by atoms with van der Waals surface area (Å²) >= 11 is 0. The smallest absolute Gasteiger partial charge is 0.239 e. The highest BCUT2D eigenvalue weighted by molar-refractivity contribution is 6.08. The quantitative estimate of drug-likeness (QED) is 0.205. The second-order valence-corrected chi connectivity index (χ2v) is 8.67. The van der Waals surface area contributed by atoms with Gasteiger partial charge in [0.1, 0.15) is 0 Å². The molecule has 2 heterocycles. The number of nitrogens with zero attached hydrogens (tertiary/aromatic N) is 2. The summed E-state index contributed by atoms with van der Waals surface area (Å²) in [6.07, 6.45) is 0. The monoisotopic (exact) mass is 471 g/mol. The Morgan fingerprint density at radius 2 is 0.917 bits per heavy atom. The normalized spacial score (nSPS) is 11.2. The van der Waals surface area contributed by atoms with E-state index in [2.05, 4.69) is 28.1 Å². The molecule has 6 aromatic rings. The highest BCUT2D eigenvalue weighted by atomic mass is 16.1. The van der Waals surface area contributed by atoms with Crippen LogP contribution in [0.3, 0.4) is 0 Å². The van der Waals surface area contributed by atoms with Crippen molar-refractivity contribution >= 4 is 60.9 Å². The van der Waals surface area contributed by atoms with Gasteiger partial charge < -0.3 is 16.0 Å². The predicted octanol–water partition coefficient (Wildman–Crippen LogP) is 5.73. The van der Waals surface area contributed by atoms with E-state index in [0.29, 0.717) is 13.1 Å². The molecule has 0 atom stereocenters. The predicted molar refractivity (Wildman–Crippen MR) is 148 cm³/mol. The summed E-state index contributed by atoms with van der Waals surface area (Å²) < 4.78 is 0. The van der Waals surface area contributed by atoms with Gasteiger partial charge in [0.25, 0.3) is 0 Å². The number of amides is 1. The minimum Gasteiger partial charge on any atom is -0.382 e. The molecule has 4 aromatic carbocycles. The van der Waals surface area contributed by atoms with Crippen LogP contribution in [-0.4, -0.2) is 35.5 Å². The molecular weight excluding hydrogens is 446 g/mol. The molecule has 6 rings (SSSR count). The van der Waals surface area contributed by atoms with Crippen LogP contribution in [0.4, 0.5) is 11.4 Å². The van der Waals surface area contributed by atoms with Crippen molar-refractivity contribution in [3.05, 3.63) is 97.1 Å². The summed E-state index contributed by atoms with van der Waals surface area (Å²) in [5.41, 5.74) is 5.67. The first kappa shape index (κ1) is 21.8. The lowest BCUT2D eigenvalue weighted by molar-refractivity contribution is -0.119. The van der Waals surface area contributed by atoms with Gasteiger partial charge in [-0.3, -0.25) is 4.79 Å². The minimum atomic E-state index is -0.0637. The molecule has 0 aliphatic carbocycles. The molecule has 0 bridgehead atoms. The Bertz CT molecular complexity index is 1620. The third-order valence-electron chi connectivity index (χ3n) is 6.35. The fraction of sp³-hybridized carbons (Fsp3) is 0.100. The fourth-order valence-corrected chi connectivity index (χ4v) is 4.68. The molecule has 6 nitrogen and oxygen atoms in total. The number of fused-ring (bicyclic) bond motifs is 4. The molecule has 3 N–H and O–H groups in total. The third kappa shape index (κ3) is 4.14. The van der Waals surface area contributed by atoms with Gasteiger partial charge in [0.15, 0.2) is 0 Å². The highest BCUT2D eigenvalue weighted by Gasteiger charge is 2.11. The zero-order valence-corrected chi connectivity index (χ0v) is 19.7. The number of carbonyl (C=O) groups is 1. The van der Waals surface area contributed by atoms with Crippen molar-refractivity contribution in [2.45, 2.75) is 0 Å². The van der Waals surface area contributed by atoms with Crippen LogP contribution in [0.15, 0.2) is 97.1 Å². The fourth-order valence-electron chi connectivity index (χ4n) is 4.68. The SMILES string of the molecule is O=C(CNc1c2ccccc2nc2ccccc12)NCCNc1c2ccccc2nc2ccccc12. The van der Waals surface area contributed by atoms with Crippen LogP contribution in [0.2, 0.25) is 0 Å². The first-order chi connectivity index (χ1) is 17.8. The van der Waals surface area contributed by atoms with Crippen LogP contribution in [0.5, 0.6) is 0 Å². The van der Waals surface area contributed by atoms with Crippen LogP contribution in [0.25, 0.3) is 43.6 Å². The third-order valence-corrected chi connectivity index (χ3v) is 6.35. The van der Waals surface area contributed by atoms with Gasteiger partial charge in [-0.1, -0.05) is 72.8 Å². The summed E-state index contributed by atoms with van der Waals surface area (Å²) in [5.74, 6) is -0.0637. The maximum Gasteiger partial charge on any atom is 0.239 e. The molecule has 0 saturated heterocycles. The van der Waals surface area contributed by atoms with Gasteiger partial charge in [0, 0.05) is 34.6 Å². The zero-order valence-electron chi connectivity index (χ0n) is 19.7. The van der Waals surface area contributed by atoms with E-state index >= 15 is 0 Å². The Morgan fingerprint density at radius 3 is 1.36 bits per heavy atom. The first-order valence-electron chi connectivity index (χ1n) is 12.1. The molecule has 0 saturated carbocycles. The number of para-hydroxylation sites is 4.